The molecule has 0 fully saturated rings. The summed E-state index contributed by atoms with van der Waals surface area (Å²) in [7, 11) is 5.92. The molecular weight excluding hydrogens is 285 g/mol. The Morgan fingerprint density at radius 2 is 1.08 bits per heavy atom. The van der Waals surface area contributed by atoms with Crippen molar-refractivity contribution < 1.29 is 18.6 Å². The minimum absolute atomic E-state index is 0.282. The Morgan fingerprint density at radius 1 is 1.00 bits per heavy atom. The average molecular weight is 297 g/mol. The van der Waals surface area contributed by atoms with E-state index in [4.69, 9.17) is 0 Å². The number of carbonyl (C=O) groups is 2. The molecule has 0 aliphatic rings. The predicted molar refractivity (Wildman–Crippen MR) is 61.6 cm³/mol. The Morgan fingerprint density at radius 3 is 1.08 bits per heavy atom. The fourth-order valence-electron chi connectivity index (χ4n) is 0. The highest BCUT2D eigenvalue weighted by Gasteiger charge is 1.76. The van der Waals surface area contributed by atoms with Gasteiger partial charge in [0.2, 0.25) is 0 Å². The van der Waals surface area contributed by atoms with Gasteiger partial charge in [0, 0.05) is 13.8 Å². The lowest BCUT2D eigenvalue weighted by molar-refractivity contribution is -0.131. The first-order valence-electron chi connectivity index (χ1n) is 2.51. The molecule has 0 aliphatic heterocycles. The molecule has 0 aromatic heterocycles. The second-order valence-corrected chi connectivity index (χ2v) is 1.69. The Bertz CT molecular complexity index is 107. The molecule has 0 aromatic rings. The molecule has 0 spiro atoms. The van der Waals surface area contributed by atoms with Crippen molar-refractivity contribution in [2.75, 3.05) is 0 Å². The molecule has 0 rings (SSSR count). The lowest BCUT2D eigenvalue weighted by Crippen LogP contribution is -1.82. The van der Waals surface area contributed by atoms with Crippen LogP contribution in [-0.4, -0.2) is 11.9 Å². The van der Waals surface area contributed by atoms with E-state index in [1.807, 2.05) is 18.9 Å². The summed E-state index contributed by atoms with van der Waals surface area (Å²) in [6, 6.07) is 0. The SMILES string of the molecule is CC(=O)OP.CC(=O)OP.PBr. The van der Waals surface area contributed by atoms with Gasteiger partial charge in [0.25, 0.3) is 0 Å². The van der Waals surface area contributed by atoms with Gasteiger partial charge in [-0.3, -0.25) is 9.59 Å². The molecule has 4 nitrogen and oxygen atoms in total. The van der Waals surface area contributed by atoms with Crippen LogP contribution in [0.25, 0.3) is 0 Å². The first-order valence-corrected chi connectivity index (χ1v) is 6.63. The lowest BCUT2D eigenvalue weighted by Gasteiger charge is -1.80. The van der Waals surface area contributed by atoms with E-state index in [2.05, 4.69) is 32.5 Å². The van der Waals surface area contributed by atoms with Crippen molar-refractivity contribution in [3.8, 4) is 0 Å². The van der Waals surface area contributed by atoms with Crippen LogP contribution in [0.3, 0.4) is 0 Å². The second kappa shape index (κ2) is 17.7. The van der Waals surface area contributed by atoms with Gasteiger partial charge < -0.3 is 9.05 Å². The van der Waals surface area contributed by atoms with Crippen molar-refractivity contribution in [2.24, 2.45) is 0 Å². The van der Waals surface area contributed by atoms with Crippen LogP contribution in [0.2, 0.25) is 0 Å². The molecule has 3 unspecified atom stereocenters. The Labute approximate surface area is 87.0 Å². The van der Waals surface area contributed by atoms with Crippen molar-refractivity contribution in [3.05, 3.63) is 0 Å². The molecular formula is C4H12BrO4P3. The van der Waals surface area contributed by atoms with Gasteiger partial charge in [-0.1, -0.05) is 23.4 Å². The topological polar surface area (TPSA) is 52.6 Å². The Kier molecular flexibility index (Phi) is 27.3. The van der Waals surface area contributed by atoms with Gasteiger partial charge in [0.1, 0.15) is 0 Å². The predicted octanol–water partition coefficient (Wildman–Crippen LogP) is 1.85. The van der Waals surface area contributed by atoms with E-state index < -0.39 is 0 Å². The zero-order chi connectivity index (χ0) is 10.6. The van der Waals surface area contributed by atoms with Crippen molar-refractivity contribution in [3.63, 3.8) is 0 Å². The molecule has 0 saturated heterocycles. The van der Waals surface area contributed by atoms with E-state index in [0.717, 1.165) is 0 Å². The smallest absolute Gasteiger partial charge is 0.304 e. The van der Waals surface area contributed by atoms with E-state index in [9.17, 15) is 9.59 Å². The molecule has 12 heavy (non-hydrogen) atoms. The van der Waals surface area contributed by atoms with Crippen molar-refractivity contribution in [1.82, 2.24) is 0 Å². The lowest BCUT2D eigenvalue weighted by atomic mass is 10.9. The molecule has 0 N–H and O–H groups in total. The Balaban J connectivity index is -0.000000112. The van der Waals surface area contributed by atoms with E-state index in [1.165, 1.54) is 13.8 Å². The van der Waals surface area contributed by atoms with Crippen LogP contribution >= 0.6 is 42.4 Å². The van der Waals surface area contributed by atoms with Gasteiger partial charge >= 0.3 is 11.9 Å². The summed E-state index contributed by atoms with van der Waals surface area (Å²) in [4.78, 5) is 19.1. The highest BCUT2D eigenvalue weighted by atomic mass is 79.9. The molecule has 74 valence electrons. The highest BCUT2D eigenvalue weighted by Crippen LogP contribution is 1.85. The summed E-state index contributed by atoms with van der Waals surface area (Å²) in [6.07, 6.45) is 0. The van der Waals surface area contributed by atoms with Crippen LogP contribution in [0, 0.1) is 0 Å². The third kappa shape index (κ3) is 45.5. The van der Waals surface area contributed by atoms with Gasteiger partial charge in [0.05, 0.1) is 18.9 Å². The molecule has 0 saturated carbocycles. The summed E-state index contributed by atoms with van der Waals surface area (Å²) in [5.41, 5.74) is 0. The molecule has 0 amide bonds. The van der Waals surface area contributed by atoms with Crippen molar-refractivity contribution in [2.45, 2.75) is 13.8 Å². The maximum absolute atomic E-state index is 9.57. The molecule has 8 heteroatoms. The monoisotopic (exact) mass is 296 g/mol. The average Bonchev–Trinajstić information content (AvgIpc) is 2.09. The van der Waals surface area contributed by atoms with Gasteiger partial charge in [-0.15, -0.1) is 0 Å². The highest BCUT2D eigenvalue weighted by molar-refractivity contribution is 9.34. The van der Waals surface area contributed by atoms with Crippen LogP contribution in [0.5, 0.6) is 0 Å². The van der Waals surface area contributed by atoms with Crippen molar-refractivity contribution >= 4 is 54.3 Å². The minimum Gasteiger partial charge on any atom is -0.452 e. The standard InChI is InChI=1S/2C2H5O2P.BrH2P/c2*1-2(3)4-5;1-2/h2*5H2,1H3;2H2. The van der Waals surface area contributed by atoms with Gasteiger partial charge in [-0.05, 0) is 0 Å². The first kappa shape index (κ1) is 18.5. The molecule has 0 bridgehead atoms. The van der Waals surface area contributed by atoms with Crippen LogP contribution in [-0.2, 0) is 18.6 Å². The van der Waals surface area contributed by atoms with E-state index in [1.54, 1.807) is 0 Å². The van der Waals surface area contributed by atoms with Crippen LogP contribution < -0.4 is 0 Å². The van der Waals surface area contributed by atoms with Crippen LogP contribution in [0.1, 0.15) is 13.8 Å². The molecule has 0 heterocycles. The third-order valence-corrected chi connectivity index (χ3v) is 0.996. The van der Waals surface area contributed by atoms with E-state index >= 15 is 0 Å². The fourth-order valence-corrected chi connectivity index (χ4v) is 0. The number of carbonyl (C=O) groups excluding carboxylic acids is 2. The maximum atomic E-state index is 9.57. The van der Waals surface area contributed by atoms with Gasteiger partial charge in [-0.2, -0.15) is 0 Å². The van der Waals surface area contributed by atoms with E-state index in [0.29, 0.717) is 0 Å². The largest absolute Gasteiger partial charge is 0.452 e. The summed E-state index contributed by atoms with van der Waals surface area (Å²) in [5, 5.41) is 0. The number of rotatable bonds is 0. The van der Waals surface area contributed by atoms with Gasteiger partial charge in [-0.25, -0.2) is 0 Å². The molecule has 0 aromatic carbocycles. The molecule has 0 aliphatic carbocycles. The summed E-state index contributed by atoms with van der Waals surface area (Å²) < 4.78 is 8.06. The summed E-state index contributed by atoms with van der Waals surface area (Å²) >= 11 is 2.85. The van der Waals surface area contributed by atoms with E-state index in [-0.39, 0.29) is 11.9 Å². The number of halogens is 1. The third-order valence-electron chi connectivity index (χ3n) is 0.332. The molecule has 0 radical (unpaired) electrons. The first-order chi connectivity index (χ1) is 5.54. The van der Waals surface area contributed by atoms with Crippen LogP contribution in [0.15, 0.2) is 0 Å². The van der Waals surface area contributed by atoms with Gasteiger partial charge in [0.15, 0.2) is 0 Å². The van der Waals surface area contributed by atoms with Crippen LogP contribution in [0.4, 0.5) is 0 Å². The summed E-state index contributed by atoms with van der Waals surface area (Å²) in [6.45, 7) is 2.68. The fraction of sp³-hybridized carbons (Fsp3) is 0.500. The zero-order valence-electron chi connectivity index (χ0n) is 6.74. The molecule has 3 atom stereocenters. The zero-order valence-corrected chi connectivity index (χ0v) is 11.8. The minimum atomic E-state index is -0.282. The maximum Gasteiger partial charge on any atom is 0.304 e. The quantitative estimate of drug-likeness (QED) is 0.640. The Hall–Kier alpha value is 0.710. The second-order valence-electron chi connectivity index (χ2n) is 1.22. The number of hydrogen-bond acceptors (Lipinski definition) is 4. The normalized spacial score (nSPS) is 6.17. The number of hydrogen-bond donors (Lipinski definition) is 0. The van der Waals surface area contributed by atoms with Crippen molar-refractivity contribution in [1.29, 1.82) is 0 Å². The summed E-state index contributed by atoms with van der Waals surface area (Å²) in [5.74, 6) is -0.565.